The van der Waals surface area contributed by atoms with Crippen LogP contribution in [0.1, 0.15) is 37.6 Å². The van der Waals surface area contributed by atoms with Crippen LogP contribution in [0, 0.1) is 0 Å². The molecule has 22 heavy (non-hydrogen) atoms. The van der Waals surface area contributed by atoms with Gasteiger partial charge in [-0.15, -0.1) is 11.3 Å². The Hall–Kier alpha value is -1.46. The van der Waals surface area contributed by atoms with E-state index in [1.165, 1.54) is 16.1 Å². The van der Waals surface area contributed by atoms with E-state index in [1.54, 1.807) is 11.3 Å². The zero-order chi connectivity index (χ0) is 15.5. The zero-order valence-electron chi connectivity index (χ0n) is 13.2. The molecule has 0 spiro atoms. The molecule has 2 heterocycles. The fraction of sp³-hybridized carbons (Fsp3) is 0.529. The van der Waals surface area contributed by atoms with Crippen LogP contribution in [0.3, 0.4) is 0 Å². The second-order valence-electron chi connectivity index (χ2n) is 5.92. The van der Waals surface area contributed by atoms with Crippen molar-refractivity contribution in [2.45, 2.75) is 38.6 Å². The van der Waals surface area contributed by atoms with Crippen LogP contribution in [0.4, 0.5) is 0 Å². The minimum atomic E-state index is -0.0582. The Labute approximate surface area is 135 Å². The van der Waals surface area contributed by atoms with Gasteiger partial charge in [-0.3, -0.25) is 9.69 Å². The molecule has 1 aromatic carbocycles. The van der Waals surface area contributed by atoms with Crippen molar-refractivity contribution in [1.29, 1.82) is 0 Å². The number of likely N-dealkylation sites (N-methyl/N-ethyl adjacent to an activating group) is 1. The van der Waals surface area contributed by atoms with Gasteiger partial charge in [-0.1, -0.05) is 12.1 Å². The molecule has 0 bridgehead atoms. The minimum absolute atomic E-state index is 0.0582. The van der Waals surface area contributed by atoms with Gasteiger partial charge in [-0.05, 0) is 45.4 Å². The average molecular weight is 317 g/mol. The predicted octanol–water partition coefficient (Wildman–Crippen LogP) is 3.00. The first-order valence-corrected chi connectivity index (χ1v) is 8.88. The molecule has 1 aliphatic rings. The van der Waals surface area contributed by atoms with Crippen LogP contribution in [0.25, 0.3) is 10.2 Å². The van der Waals surface area contributed by atoms with Gasteiger partial charge in [-0.2, -0.15) is 0 Å². The van der Waals surface area contributed by atoms with E-state index in [1.807, 2.05) is 19.9 Å². The number of fused-ring (bicyclic) bond motifs is 1. The molecule has 0 aliphatic carbocycles. The van der Waals surface area contributed by atoms with E-state index in [4.69, 9.17) is 4.98 Å². The predicted molar refractivity (Wildman–Crippen MR) is 91.3 cm³/mol. The van der Waals surface area contributed by atoms with Crippen LogP contribution in [0.2, 0.25) is 0 Å². The monoisotopic (exact) mass is 317 g/mol. The number of likely N-dealkylation sites (tertiary alicyclic amines) is 1. The van der Waals surface area contributed by atoms with Crippen molar-refractivity contribution >= 4 is 27.5 Å². The van der Waals surface area contributed by atoms with Crippen molar-refractivity contribution in [2.24, 2.45) is 0 Å². The summed E-state index contributed by atoms with van der Waals surface area (Å²) in [6.07, 6.45) is 2.29. The second-order valence-corrected chi connectivity index (χ2v) is 6.99. The maximum atomic E-state index is 12.1. The highest BCUT2D eigenvalue weighted by Crippen LogP contribution is 2.33. The van der Waals surface area contributed by atoms with E-state index in [-0.39, 0.29) is 11.9 Å². The SMILES string of the molecule is CCNC(=O)[C@H](C)N1CCC[C@H](c2nc3ccccc3s2)C1. The smallest absolute Gasteiger partial charge is 0.237 e. The molecular weight excluding hydrogens is 294 g/mol. The number of rotatable bonds is 4. The first-order valence-electron chi connectivity index (χ1n) is 8.06. The molecule has 0 unspecified atom stereocenters. The van der Waals surface area contributed by atoms with Gasteiger partial charge in [0.1, 0.15) is 0 Å². The number of carbonyl (C=O) groups is 1. The quantitative estimate of drug-likeness (QED) is 0.943. The molecule has 0 saturated carbocycles. The summed E-state index contributed by atoms with van der Waals surface area (Å²) in [5.41, 5.74) is 1.09. The molecule has 1 saturated heterocycles. The summed E-state index contributed by atoms with van der Waals surface area (Å²) in [6.45, 7) is 6.59. The number of carbonyl (C=O) groups excluding carboxylic acids is 1. The fourth-order valence-corrected chi connectivity index (χ4v) is 4.21. The van der Waals surface area contributed by atoms with Gasteiger partial charge in [0.15, 0.2) is 0 Å². The van der Waals surface area contributed by atoms with Gasteiger partial charge in [0.25, 0.3) is 0 Å². The van der Waals surface area contributed by atoms with Crippen molar-refractivity contribution in [3.8, 4) is 0 Å². The van der Waals surface area contributed by atoms with Crippen LogP contribution in [0.5, 0.6) is 0 Å². The largest absolute Gasteiger partial charge is 0.355 e. The molecule has 118 valence electrons. The Morgan fingerprint density at radius 3 is 3.09 bits per heavy atom. The number of nitrogens with zero attached hydrogens (tertiary/aromatic N) is 2. The van der Waals surface area contributed by atoms with Crippen LogP contribution in [-0.4, -0.2) is 41.5 Å². The van der Waals surface area contributed by atoms with Crippen molar-refractivity contribution in [3.63, 3.8) is 0 Å². The van der Waals surface area contributed by atoms with Gasteiger partial charge < -0.3 is 5.32 Å². The molecule has 1 aliphatic heterocycles. The van der Waals surface area contributed by atoms with Crippen molar-refractivity contribution in [3.05, 3.63) is 29.3 Å². The lowest BCUT2D eigenvalue weighted by molar-refractivity contribution is -0.126. The number of piperidine rings is 1. The summed E-state index contributed by atoms with van der Waals surface area (Å²) in [5.74, 6) is 0.579. The molecule has 2 atom stereocenters. The third kappa shape index (κ3) is 3.15. The summed E-state index contributed by atoms with van der Waals surface area (Å²) >= 11 is 1.80. The number of amides is 1. The second kappa shape index (κ2) is 6.75. The molecule has 2 aromatic rings. The highest BCUT2D eigenvalue weighted by atomic mass is 32.1. The van der Waals surface area contributed by atoms with Crippen LogP contribution in [0.15, 0.2) is 24.3 Å². The Kier molecular flexibility index (Phi) is 4.74. The van der Waals surface area contributed by atoms with Gasteiger partial charge in [0.05, 0.1) is 21.3 Å². The lowest BCUT2D eigenvalue weighted by atomic mass is 9.97. The number of hydrogen-bond donors (Lipinski definition) is 1. The number of benzene rings is 1. The molecule has 1 N–H and O–H groups in total. The van der Waals surface area contributed by atoms with Gasteiger partial charge in [0.2, 0.25) is 5.91 Å². The molecule has 4 nitrogen and oxygen atoms in total. The fourth-order valence-electron chi connectivity index (χ4n) is 3.11. The highest BCUT2D eigenvalue weighted by Gasteiger charge is 2.29. The molecule has 3 rings (SSSR count). The molecule has 1 fully saturated rings. The summed E-state index contributed by atoms with van der Waals surface area (Å²) in [4.78, 5) is 19.2. The topological polar surface area (TPSA) is 45.2 Å². The van der Waals surface area contributed by atoms with Crippen LogP contribution in [-0.2, 0) is 4.79 Å². The summed E-state index contributed by atoms with van der Waals surface area (Å²) in [6, 6.07) is 8.25. The highest BCUT2D eigenvalue weighted by molar-refractivity contribution is 7.18. The molecule has 0 radical (unpaired) electrons. The number of para-hydroxylation sites is 1. The van der Waals surface area contributed by atoms with Gasteiger partial charge in [0, 0.05) is 19.0 Å². The first-order chi connectivity index (χ1) is 10.7. The molecule has 5 heteroatoms. The normalized spacial score (nSPS) is 20.9. The maximum Gasteiger partial charge on any atom is 0.237 e. The zero-order valence-corrected chi connectivity index (χ0v) is 14.0. The van der Waals surface area contributed by atoms with E-state index in [0.717, 1.165) is 25.0 Å². The van der Waals surface area contributed by atoms with Gasteiger partial charge >= 0.3 is 0 Å². The van der Waals surface area contributed by atoms with Crippen LogP contribution < -0.4 is 5.32 Å². The standard InChI is InChI=1S/C17H23N3OS/c1-3-18-16(21)12(2)20-10-6-7-13(11-20)17-19-14-8-4-5-9-15(14)22-17/h4-5,8-9,12-13H,3,6-7,10-11H2,1-2H3,(H,18,21)/t12-,13-/m0/s1. The Balaban J connectivity index is 1.73. The van der Waals surface area contributed by atoms with Crippen molar-refractivity contribution in [1.82, 2.24) is 15.2 Å². The Morgan fingerprint density at radius 2 is 2.32 bits per heavy atom. The number of aromatic nitrogens is 1. The summed E-state index contributed by atoms with van der Waals surface area (Å²) < 4.78 is 1.26. The third-order valence-corrected chi connectivity index (χ3v) is 5.59. The maximum absolute atomic E-state index is 12.1. The van der Waals surface area contributed by atoms with E-state index in [0.29, 0.717) is 12.5 Å². The van der Waals surface area contributed by atoms with Crippen molar-refractivity contribution in [2.75, 3.05) is 19.6 Å². The number of thiazole rings is 1. The minimum Gasteiger partial charge on any atom is -0.355 e. The molecule has 1 aromatic heterocycles. The van der Waals surface area contributed by atoms with E-state index >= 15 is 0 Å². The van der Waals surface area contributed by atoms with Gasteiger partial charge in [-0.25, -0.2) is 4.98 Å². The molecular formula is C17H23N3OS. The summed E-state index contributed by atoms with van der Waals surface area (Å²) in [5, 5.41) is 4.14. The van der Waals surface area contributed by atoms with E-state index in [2.05, 4.69) is 28.4 Å². The lowest BCUT2D eigenvalue weighted by Gasteiger charge is -2.35. The lowest BCUT2D eigenvalue weighted by Crippen LogP contribution is -2.48. The van der Waals surface area contributed by atoms with Crippen molar-refractivity contribution < 1.29 is 4.79 Å². The van der Waals surface area contributed by atoms with E-state index in [9.17, 15) is 4.79 Å². The van der Waals surface area contributed by atoms with Crippen LogP contribution >= 0.6 is 11.3 Å². The summed E-state index contributed by atoms with van der Waals surface area (Å²) in [7, 11) is 0. The first kappa shape index (κ1) is 15.4. The third-order valence-electron chi connectivity index (χ3n) is 4.39. The molecule has 1 amide bonds. The number of hydrogen-bond acceptors (Lipinski definition) is 4. The van der Waals surface area contributed by atoms with E-state index < -0.39 is 0 Å². The Bertz CT molecular complexity index is 621. The average Bonchev–Trinajstić information content (AvgIpc) is 2.98. The number of nitrogens with one attached hydrogen (secondary N) is 1. The Morgan fingerprint density at radius 1 is 1.50 bits per heavy atom.